The molecule has 1 atom stereocenters. The van der Waals surface area contributed by atoms with Gasteiger partial charge < -0.3 is 16.0 Å². The van der Waals surface area contributed by atoms with E-state index in [2.05, 4.69) is 20.9 Å². The van der Waals surface area contributed by atoms with Crippen molar-refractivity contribution in [1.82, 2.24) is 10.3 Å². The number of nitrogens with zero attached hydrogens (tertiary/aromatic N) is 1. The van der Waals surface area contributed by atoms with Gasteiger partial charge in [-0.25, -0.2) is 4.98 Å². The first-order chi connectivity index (χ1) is 24.3. The molecule has 0 spiro atoms. The van der Waals surface area contributed by atoms with E-state index in [0.717, 1.165) is 16.0 Å². The summed E-state index contributed by atoms with van der Waals surface area (Å²) in [5.74, 6) is -1.21. The Morgan fingerprint density at radius 3 is 2.20 bits per heavy atom. The molecule has 7 nitrogen and oxygen atoms in total. The Hall–Kier alpha value is -5.19. The average molecular weight is 736 g/mol. The van der Waals surface area contributed by atoms with E-state index in [1.165, 1.54) is 23.1 Å². The van der Waals surface area contributed by atoms with Crippen molar-refractivity contribution in [3.63, 3.8) is 0 Å². The van der Waals surface area contributed by atoms with Crippen LogP contribution in [0.4, 0.5) is 10.8 Å². The number of thiazole rings is 1. The van der Waals surface area contributed by atoms with E-state index in [9.17, 15) is 14.4 Å². The number of amides is 3. The lowest BCUT2D eigenvalue weighted by atomic mass is 10.1. The lowest BCUT2D eigenvalue weighted by Crippen LogP contribution is -2.30. The number of aromatic nitrogens is 1. The molecule has 248 valence electrons. The Labute approximate surface area is 307 Å². The van der Waals surface area contributed by atoms with Crippen LogP contribution < -0.4 is 16.0 Å². The monoisotopic (exact) mass is 734 g/mol. The summed E-state index contributed by atoms with van der Waals surface area (Å²) >= 11 is 15.1. The average Bonchev–Trinajstić information content (AvgIpc) is 3.60. The van der Waals surface area contributed by atoms with Gasteiger partial charge in [0.2, 0.25) is 5.91 Å². The van der Waals surface area contributed by atoms with Crippen molar-refractivity contribution < 1.29 is 14.4 Å². The second kappa shape index (κ2) is 16.5. The molecule has 1 aromatic heterocycles. The van der Waals surface area contributed by atoms with E-state index < -0.39 is 17.1 Å². The lowest BCUT2D eigenvalue weighted by molar-refractivity contribution is -0.116. The molecule has 0 fully saturated rings. The Balaban J connectivity index is 1.21. The highest BCUT2D eigenvalue weighted by Crippen LogP contribution is 2.38. The minimum atomic E-state index is -0.639. The molecule has 1 heterocycles. The molecule has 0 aliphatic heterocycles. The van der Waals surface area contributed by atoms with Gasteiger partial charge in [-0.05, 0) is 65.7 Å². The van der Waals surface area contributed by atoms with Gasteiger partial charge in [0.25, 0.3) is 11.8 Å². The summed E-state index contributed by atoms with van der Waals surface area (Å²) in [4.78, 5) is 45.8. The summed E-state index contributed by atoms with van der Waals surface area (Å²) in [5, 5.41) is 11.4. The molecular weight excluding hydrogens is 707 g/mol. The van der Waals surface area contributed by atoms with Crippen LogP contribution in [0.25, 0.3) is 17.3 Å². The number of carbonyl (C=O) groups is 3. The van der Waals surface area contributed by atoms with E-state index in [-0.39, 0.29) is 11.6 Å². The van der Waals surface area contributed by atoms with Gasteiger partial charge in [0.15, 0.2) is 5.13 Å². The fourth-order valence-electron chi connectivity index (χ4n) is 4.85. The second-order valence-electron chi connectivity index (χ2n) is 10.8. The van der Waals surface area contributed by atoms with Crippen molar-refractivity contribution in [1.29, 1.82) is 0 Å². The van der Waals surface area contributed by atoms with E-state index in [1.807, 2.05) is 66.0 Å². The van der Waals surface area contributed by atoms with Crippen LogP contribution in [-0.4, -0.2) is 22.7 Å². The molecule has 50 heavy (non-hydrogen) atoms. The second-order valence-corrected chi connectivity index (χ2v) is 13.7. The lowest BCUT2D eigenvalue weighted by Gasteiger charge is -2.17. The van der Waals surface area contributed by atoms with Gasteiger partial charge in [-0.15, -0.1) is 23.1 Å². The highest BCUT2D eigenvalue weighted by molar-refractivity contribution is 8.00. The standard InChI is InChI=1S/C39H28Cl2N4O3S2/c40-28-20-18-25(19-21-28)22-33(43-36(46)27-12-5-2-6-13-27)37(47)42-29-14-9-15-30(23-29)50-35(26-10-3-1-4-11-26)38(48)45-39-44-34(24-49-39)31-16-7-8-17-32(31)41/h1-24,35H,(H,42,47)(H,43,46)(H,44,45,48)/b33-22-. The molecule has 0 saturated heterocycles. The number of thioether (sulfide) groups is 1. The third-order valence-electron chi connectivity index (χ3n) is 7.28. The van der Waals surface area contributed by atoms with Crippen molar-refractivity contribution in [2.75, 3.05) is 10.6 Å². The molecule has 0 saturated carbocycles. The van der Waals surface area contributed by atoms with Gasteiger partial charge in [0.1, 0.15) is 10.9 Å². The molecule has 11 heteroatoms. The molecule has 0 radical (unpaired) electrons. The summed E-state index contributed by atoms with van der Waals surface area (Å²) in [6, 6.07) is 39.6. The van der Waals surface area contributed by atoms with Gasteiger partial charge in [-0.3, -0.25) is 14.4 Å². The fourth-order valence-corrected chi connectivity index (χ4v) is 7.00. The summed E-state index contributed by atoms with van der Waals surface area (Å²) in [6.07, 6.45) is 1.58. The van der Waals surface area contributed by atoms with E-state index >= 15 is 0 Å². The molecular formula is C39H28Cl2N4O3S2. The van der Waals surface area contributed by atoms with Crippen molar-refractivity contribution in [3.8, 4) is 11.3 Å². The van der Waals surface area contributed by atoms with Gasteiger partial charge >= 0.3 is 0 Å². The topological polar surface area (TPSA) is 100 Å². The maximum atomic E-state index is 13.8. The molecule has 6 rings (SSSR count). The zero-order valence-corrected chi connectivity index (χ0v) is 29.3. The van der Waals surface area contributed by atoms with Crippen LogP contribution >= 0.6 is 46.3 Å². The quantitative estimate of drug-likeness (QED) is 0.0909. The zero-order valence-electron chi connectivity index (χ0n) is 26.2. The predicted octanol–water partition coefficient (Wildman–Crippen LogP) is 10.00. The molecule has 6 aromatic rings. The van der Waals surface area contributed by atoms with Crippen molar-refractivity contribution in [2.45, 2.75) is 10.1 Å². The SMILES string of the molecule is O=C(Nc1cccc(SC(C(=O)Nc2nc(-c3ccccc3Cl)cs2)c2ccccc2)c1)/C(=C/c1ccc(Cl)cc1)NC(=O)c1ccccc1. The molecule has 0 aliphatic rings. The summed E-state index contributed by atoms with van der Waals surface area (Å²) in [6.45, 7) is 0. The number of halogens is 2. The smallest absolute Gasteiger partial charge is 0.272 e. The molecule has 3 amide bonds. The van der Waals surface area contributed by atoms with E-state index in [0.29, 0.717) is 37.7 Å². The van der Waals surface area contributed by atoms with Crippen LogP contribution in [0.5, 0.6) is 0 Å². The number of hydrogen-bond acceptors (Lipinski definition) is 6. The van der Waals surface area contributed by atoms with Crippen molar-refractivity contribution in [3.05, 3.63) is 171 Å². The van der Waals surface area contributed by atoms with Gasteiger partial charge in [0, 0.05) is 37.1 Å². The summed E-state index contributed by atoms with van der Waals surface area (Å²) in [7, 11) is 0. The van der Waals surface area contributed by atoms with Crippen molar-refractivity contribution in [2.24, 2.45) is 0 Å². The number of anilines is 2. The molecule has 0 bridgehead atoms. The highest BCUT2D eigenvalue weighted by atomic mass is 35.5. The van der Waals surface area contributed by atoms with Crippen LogP contribution in [0.3, 0.4) is 0 Å². The molecule has 3 N–H and O–H groups in total. The minimum absolute atomic E-state index is 0.0420. The Bertz CT molecular complexity index is 2160. The summed E-state index contributed by atoms with van der Waals surface area (Å²) in [5.41, 5.74) is 3.85. The first-order valence-corrected chi connectivity index (χ1v) is 17.8. The zero-order chi connectivity index (χ0) is 34.9. The van der Waals surface area contributed by atoms with Crippen molar-refractivity contribution >= 4 is 80.9 Å². The third kappa shape index (κ3) is 9.07. The number of hydrogen-bond donors (Lipinski definition) is 3. The maximum absolute atomic E-state index is 13.8. The van der Waals surface area contributed by atoms with E-state index in [1.54, 1.807) is 78.9 Å². The normalized spacial score (nSPS) is 11.8. The molecule has 1 unspecified atom stereocenters. The number of benzene rings is 5. The minimum Gasteiger partial charge on any atom is -0.321 e. The number of carbonyl (C=O) groups excluding carboxylic acids is 3. The molecule has 5 aromatic carbocycles. The first kappa shape index (κ1) is 34.7. The third-order valence-corrected chi connectivity index (χ3v) is 9.87. The van der Waals surface area contributed by atoms with E-state index in [4.69, 9.17) is 23.2 Å². The van der Waals surface area contributed by atoms with Gasteiger partial charge in [0.05, 0.1) is 5.69 Å². The number of nitrogens with one attached hydrogen (secondary N) is 3. The van der Waals surface area contributed by atoms with Crippen LogP contribution in [0.15, 0.2) is 149 Å². The summed E-state index contributed by atoms with van der Waals surface area (Å²) < 4.78 is 0. The van der Waals surface area contributed by atoms with Crippen LogP contribution in [0.2, 0.25) is 10.0 Å². The predicted molar refractivity (Wildman–Crippen MR) is 205 cm³/mol. The molecule has 0 aliphatic carbocycles. The Morgan fingerprint density at radius 1 is 0.760 bits per heavy atom. The largest absolute Gasteiger partial charge is 0.321 e. The fraction of sp³-hybridized carbons (Fsp3) is 0.0256. The van der Waals surface area contributed by atoms with Gasteiger partial charge in [-0.1, -0.05) is 108 Å². The first-order valence-electron chi connectivity index (χ1n) is 15.3. The number of rotatable bonds is 11. The Kier molecular flexibility index (Phi) is 11.4. The van der Waals surface area contributed by atoms with Gasteiger partial charge in [-0.2, -0.15) is 0 Å². The van der Waals surface area contributed by atoms with Crippen LogP contribution in [-0.2, 0) is 9.59 Å². The Morgan fingerprint density at radius 2 is 1.46 bits per heavy atom. The maximum Gasteiger partial charge on any atom is 0.272 e. The van der Waals surface area contributed by atoms with Crippen LogP contribution in [0.1, 0.15) is 26.7 Å². The highest BCUT2D eigenvalue weighted by Gasteiger charge is 2.24. The van der Waals surface area contributed by atoms with Crippen LogP contribution in [0, 0.1) is 0 Å².